The van der Waals surface area contributed by atoms with Crippen LogP contribution in [-0.4, -0.2) is 52.5 Å². The van der Waals surface area contributed by atoms with Gasteiger partial charge in [-0.25, -0.2) is 0 Å². The zero-order valence-corrected chi connectivity index (χ0v) is 21.8. The van der Waals surface area contributed by atoms with E-state index in [1.165, 1.54) is 13.2 Å². The predicted molar refractivity (Wildman–Crippen MR) is 134 cm³/mol. The molecule has 0 amide bonds. The van der Waals surface area contributed by atoms with Crippen LogP contribution in [0.3, 0.4) is 0 Å². The third-order valence-electron chi connectivity index (χ3n) is 6.32. The van der Waals surface area contributed by atoms with Crippen LogP contribution in [-0.2, 0) is 26.8 Å². The number of nitro benzene ring substituents is 1. The minimum Gasteiger partial charge on any atom is -0.603 e. The Bertz CT molecular complexity index is 1040. The maximum Gasteiger partial charge on any atom is 0.498 e. The Morgan fingerprint density at radius 1 is 1.23 bits per heavy atom. The van der Waals surface area contributed by atoms with E-state index in [4.69, 9.17) is 18.6 Å². The molecule has 1 aromatic carbocycles. The van der Waals surface area contributed by atoms with Gasteiger partial charge in [0.05, 0.1) is 23.2 Å². The van der Waals surface area contributed by atoms with Crippen LogP contribution in [0.5, 0.6) is 5.75 Å². The number of rotatable bonds is 12. The molecule has 1 aliphatic heterocycles. The number of hydrogen-bond acceptors (Lipinski definition) is 8. The molecule has 1 saturated heterocycles. The summed E-state index contributed by atoms with van der Waals surface area (Å²) in [5.74, 6) is 1.91. The monoisotopic (exact) mass is 505 g/mol. The topological polar surface area (TPSA) is 121 Å². The van der Waals surface area contributed by atoms with Gasteiger partial charge < -0.3 is 18.9 Å². The summed E-state index contributed by atoms with van der Waals surface area (Å²) >= 11 is 0. The van der Waals surface area contributed by atoms with Crippen LogP contribution >= 0.6 is 8.00 Å². The van der Waals surface area contributed by atoms with Crippen molar-refractivity contribution in [2.24, 2.45) is 0 Å². The van der Waals surface area contributed by atoms with Crippen LogP contribution in [0.4, 0.5) is 5.69 Å². The molecule has 1 aliphatic rings. The van der Waals surface area contributed by atoms with E-state index in [1.807, 2.05) is 33.9 Å². The molecule has 0 bridgehead atoms. The number of unbranched alkanes of at least 4 members (excludes halogenated alkanes) is 1. The van der Waals surface area contributed by atoms with Crippen molar-refractivity contribution in [1.82, 2.24) is 9.78 Å². The van der Waals surface area contributed by atoms with Crippen LogP contribution in [0, 0.1) is 10.1 Å². The average molecular weight is 505 g/mol. The van der Waals surface area contributed by atoms with Gasteiger partial charge in [0.2, 0.25) is 8.00 Å². The van der Waals surface area contributed by atoms with Gasteiger partial charge in [0, 0.05) is 36.9 Å². The molecule has 0 saturated carbocycles. The number of nitrogens with zero attached hydrogens (tertiary/aromatic N) is 3. The summed E-state index contributed by atoms with van der Waals surface area (Å²) in [6, 6.07) is 4.83. The Balaban J connectivity index is 1.36. The summed E-state index contributed by atoms with van der Waals surface area (Å²) in [5, 5.41) is 15.3. The second-order valence-electron chi connectivity index (χ2n) is 9.44. The lowest BCUT2D eigenvalue weighted by Crippen LogP contribution is -2.41. The Kier molecular flexibility index (Phi) is 9.07. The summed E-state index contributed by atoms with van der Waals surface area (Å²) in [6.07, 6.45) is 6.38. The van der Waals surface area contributed by atoms with Crippen LogP contribution in [0.15, 0.2) is 30.6 Å². The fraction of sp³-hybridized carbons (Fsp3) is 0.565. The second-order valence-corrected chi connectivity index (χ2v) is 10.6. The molecular formula is C23H33BN3O7P. The number of methoxy groups -OCH3 is 1. The van der Waals surface area contributed by atoms with Crippen molar-refractivity contribution in [2.75, 3.05) is 13.7 Å². The Hall–Kier alpha value is -2.30. The van der Waals surface area contributed by atoms with Crippen molar-refractivity contribution in [1.29, 1.82) is 0 Å². The highest BCUT2D eigenvalue weighted by molar-refractivity contribution is 7.44. The van der Waals surface area contributed by atoms with Crippen LogP contribution in [0.1, 0.15) is 52.5 Å². The molecule has 0 radical (unpaired) electrons. The summed E-state index contributed by atoms with van der Waals surface area (Å²) in [6.45, 7) is 9.04. The van der Waals surface area contributed by atoms with Crippen LogP contribution in [0.2, 0.25) is 0 Å². The summed E-state index contributed by atoms with van der Waals surface area (Å²) in [7, 11) is -0.881. The predicted octanol–water partition coefficient (Wildman–Crippen LogP) is 3.00. The van der Waals surface area contributed by atoms with E-state index in [0.717, 1.165) is 17.4 Å². The number of aryl methyl sites for hydroxylation is 2. The number of benzene rings is 1. The molecule has 1 fully saturated rings. The minimum atomic E-state index is -1.85. The number of hydrogen-bond donors (Lipinski definition) is 0. The van der Waals surface area contributed by atoms with Gasteiger partial charge in [-0.2, -0.15) is 9.62 Å². The normalized spacial score (nSPS) is 17.1. The van der Waals surface area contributed by atoms with Gasteiger partial charge in [0.1, 0.15) is 12.4 Å². The zero-order chi connectivity index (χ0) is 25.6. The SMILES string of the molecule is COc1cc(CCCC=[P+]([O-])OCCCn2cc(B3OC(C)(C)C(C)(C)O3)cn2)ccc1[N+](=O)[O-]. The molecule has 1 unspecified atom stereocenters. The van der Waals surface area contributed by atoms with Crippen LogP contribution < -0.4 is 15.1 Å². The summed E-state index contributed by atoms with van der Waals surface area (Å²) in [5.41, 5.74) is 0.943. The molecule has 10 nitrogen and oxygen atoms in total. The Morgan fingerprint density at radius 3 is 2.60 bits per heavy atom. The first kappa shape index (κ1) is 27.3. The standard InChI is InChI=1S/C23H33BN3O7P/c1-22(2)23(3,4)34-24(33-22)19-16-25-26(17-19)12-8-13-32-35(30)14-7-6-9-18-10-11-20(27(28)29)21(15-18)31-5/h10-11,14-17H,6-9,12-13H2,1-5H3. The molecule has 12 heteroatoms. The quantitative estimate of drug-likeness (QED) is 0.142. The molecule has 3 rings (SSSR count). The first-order valence-electron chi connectivity index (χ1n) is 11.6. The van der Waals surface area contributed by atoms with E-state index >= 15 is 0 Å². The lowest BCUT2D eigenvalue weighted by molar-refractivity contribution is -0.385. The lowest BCUT2D eigenvalue weighted by Gasteiger charge is -2.32. The number of aromatic nitrogens is 2. The van der Waals surface area contributed by atoms with E-state index in [9.17, 15) is 15.0 Å². The molecule has 35 heavy (non-hydrogen) atoms. The van der Waals surface area contributed by atoms with Crippen molar-refractivity contribution in [3.05, 3.63) is 46.3 Å². The fourth-order valence-corrected chi connectivity index (χ4v) is 4.38. The molecule has 2 aromatic rings. The highest BCUT2D eigenvalue weighted by atomic mass is 31.1. The molecular weight excluding hydrogens is 472 g/mol. The van der Waals surface area contributed by atoms with E-state index in [-0.39, 0.29) is 11.4 Å². The number of ether oxygens (including phenoxy) is 1. The van der Waals surface area contributed by atoms with Crippen molar-refractivity contribution in [3.63, 3.8) is 0 Å². The van der Waals surface area contributed by atoms with Crippen LogP contribution in [0.25, 0.3) is 0 Å². The van der Waals surface area contributed by atoms with E-state index in [1.54, 1.807) is 28.8 Å². The van der Waals surface area contributed by atoms with Gasteiger partial charge in [-0.3, -0.25) is 14.8 Å². The van der Waals surface area contributed by atoms with E-state index < -0.39 is 31.2 Å². The van der Waals surface area contributed by atoms with Crippen molar-refractivity contribution >= 4 is 32.1 Å². The summed E-state index contributed by atoms with van der Waals surface area (Å²) < 4.78 is 24.4. The van der Waals surface area contributed by atoms with Gasteiger partial charge in [0.25, 0.3) is 0 Å². The van der Waals surface area contributed by atoms with Gasteiger partial charge in [0.15, 0.2) is 5.75 Å². The lowest BCUT2D eigenvalue weighted by atomic mass is 9.82. The van der Waals surface area contributed by atoms with E-state index in [0.29, 0.717) is 32.4 Å². The van der Waals surface area contributed by atoms with Crippen molar-refractivity contribution < 1.29 is 28.4 Å². The maximum absolute atomic E-state index is 12.1. The van der Waals surface area contributed by atoms with Gasteiger partial charge in [-0.15, -0.1) is 0 Å². The number of nitro groups is 1. The highest BCUT2D eigenvalue weighted by Gasteiger charge is 2.52. The van der Waals surface area contributed by atoms with Gasteiger partial charge in [-0.1, -0.05) is 6.07 Å². The first-order valence-corrected chi connectivity index (χ1v) is 12.9. The summed E-state index contributed by atoms with van der Waals surface area (Å²) in [4.78, 5) is 22.6. The molecule has 0 N–H and O–H groups in total. The third-order valence-corrected chi connectivity index (χ3v) is 7.31. The Morgan fingerprint density at radius 2 is 1.94 bits per heavy atom. The average Bonchev–Trinajstić information content (AvgIpc) is 3.35. The van der Waals surface area contributed by atoms with Crippen molar-refractivity contribution in [3.8, 4) is 5.75 Å². The molecule has 0 aliphatic carbocycles. The molecule has 2 heterocycles. The first-order chi connectivity index (χ1) is 16.5. The highest BCUT2D eigenvalue weighted by Crippen LogP contribution is 2.36. The smallest absolute Gasteiger partial charge is 0.498 e. The molecule has 1 atom stereocenters. The minimum absolute atomic E-state index is 0.0567. The van der Waals surface area contributed by atoms with Gasteiger partial charge >= 0.3 is 12.8 Å². The fourth-order valence-electron chi connectivity index (χ4n) is 3.57. The van der Waals surface area contributed by atoms with Gasteiger partial charge in [-0.05, 0) is 58.6 Å². The van der Waals surface area contributed by atoms with E-state index in [2.05, 4.69) is 5.10 Å². The zero-order valence-electron chi connectivity index (χ0n) is 20.9. The molecule has 190 valence electrons. The maximum atomic E-state index is 12.1. The molecule has 0 spiro atoms. The molecule has 1 aromatic heterocycles. The third kappa shape index (κ3) is 7.12. The second kappa shape index (κ2) is 11.6. The van der Waals surface area contributed by atoms with Crippen molar-refractivity contribution in [2.45, 2.75) is 71.1 Å². The Labute approximate surface area is 207 Å². The largest absolute Gasteiger partial charge is 0.603 e.